The van der Waals surface area contributed by atoms with Crippen LogP contribution in [0.1, 0.15) is 12.0 Å². The summed E-state index contributed by atoms with van der Waals surface area (Å²) in [5.41, 5.74) is 0.918. The Labute approximate surface area is 134 Å². The highest BCUT2D eigenvalue weighted by Gasteiger charge is 2.16. The molecule has 1 N–H and O–H groups in total. The van der Waals surface area contributed by atoms with E-state index in [1.165, 1.54) is 31.4 Å². The minimum Gasteiger partial charge on any atom is -0.494 e. The van der Waals surface area contributed by atoms with Crippen LogP contribution in [-0.2, 0) is 16.4 Å². The van der Waals surface area contributed by atoms with Gasteiger partial charge in [0, 0.05) is 6.54 Å². The molecule has 0 radical (unpaired) electrons. The Morgan fingerprint density at radius 3 is 2.39 bits per heavy atom. The molecule has 2 aromatic carbocycles. The van der Waals surface area contributed by atoms with Gasteiger partial charge in [0.1, 0.15) is 5.82 Å². The van der Waals surface area contributed by atoms with Crippen molar-refractivity contribution in [2.45, 2.75) is 17.7 Å². The van der Waals surface area contributed by atoms with Crippen molar-refractivity contribution in [3.8, 4) is 5.75 Å². The number of hydrogen-bond donors (Lipinski definition) is 1. The molecule has 0 saturated heterocycles. The van der Waals surface area contributed by atoms with Gasteiger partial charge in [-0.3, -0.25) is 0 Å². The predicted octanol–water partition coefficient (Wildman–Crippen LogP) is 2.88. The zero-order chi connectivity index (χ0) is 16.9. The molecule has 2 aromatic rings. The average Bonchev–Trinajstić information content (AvgIpc) is 2.53. The fourth-order valence-electron chi connectivity index (χ4n) is 2.05. The summed E-state index contributed by atoms with van der Waals surface area (Å²) in [5.74, 6) is -1.06. The molecular formula is C16H17F2NO3S. The first-order chi connectivity index (χ1) is 10.9. The first-order valence-electron chi connectivity index (χ1n) is 7.00. The predicted molar refractivity (Wildman–Crippen MR) is 82.9 cm³/mol. The molecule has 0 atom stereocenters. The Kier molecular flexibility index (Phi) is 5.68. The normalized spacial score (nSPS) is 11.4. The van der Waals surface area contributed by atoms with E-state index in [1.807, 2.05) is 0 Å². The van der Waals surface area contributed by atoms with Crippen molar-refractivity contribution in [1.29, 1.82) is 0 Å². The number of hydrogen-bond acceptors (Lipinski definition) is 3. The Balaban J connectivity index is 1.91. The highest BCUT2D eigenvalue weighted by molar-refractivity contribution is 7.89. The lowest BCUT2D eigenvalue weighted by molar-refractivity contribution is 0.385. The Bertz CT molecular complexity index is 761. The molecule has 0 spiro atoms. The molecular weight excluding hydrogens is 324 g/mol. The van der Waals surface area contributed by atoms with Crippen molar-refractivity contribution >= 4 is 10.0 Å². The van der Waals surface area contributed by atoms with Crippen LogP contribution >= 0.6 is 0 Å². The van der Waals surface area contributed by atoms with Gasteiger partial charge in [0.05, 0.1) is 12.0 Å². The van der Waals surface area contributed by atoms with Crippen LogP contribution < -0.4 is 9.46 Å². The van der Waals surface area contributed by atoms with E-state index in [-0.39, 0.29) is 23.0 Å². The monoisotopic (exact) mass is 341 g/mol. The number of rotatable bonds is 7. The summed E-state index contributed by atoms with van der Waals surface area (Å²) in [6, 6.07) is 9.50. The molecule has 0 saturated carbocycles. The molecule has 23 heavy (non-hydrogen) atoms. The Hall–Kier alpha value is -1.99. The van der Waals surface area contributed by atoms with Crippen LogP contribution in [0.5, 0.6) is 5.75 Å². The molecule has 124 valence electrons. The van der Waals surface area contributed by atoms with Gasteiger partial charge in [-0.15, -0.1) is 0 Å². The molecule has 2 rings (SSSR count). The van der Waals surface area contributed by atoms with E-state index in [1.54, 1.807) is 12.1 Å². The van der Waals surface area contributed by atoms with E-state index in [0.717, 1.165) is 11.6 Å². The molecule has 0 unspecified atom stereocenters. The maximum Gasteiger partial charge on any atom is 0.240 e. The fourth-order valence-corrected chi connectivity index (χ4v) is 3.13. The van der Waals surface area contributed by atoms with Gasteiger partial charge in [-0.05, 0) is 48.7 Å². The highest BCUT2D eigenvalue weighted by atomic mass is 32.2. The first-order valence-corrected chi connectivity index (χ1v) is 8.48. The van der Waals surface area contributed by atoms with Crippen LogP contribution in [0.15, 0.2) is 47.4 Å². The van der Waals surface area contributed by atoms with E-state index in [0.29, 0.717) is 12.8 Å². The van der Waals surface area contributed by atoms with Crippen molar-refractivity contribution in [3.05, 3.63) is 59.7 Å². The maximum atomic E-state index is 13.6. The maximum absolute atomic E-state index is 13.6. The van der Waals surface area contributed by atoms with Crippen LogP contribution in [0.4, 0.5) is 8.78 Å². The number of ether oxygens (including phenoxy) is 1. The second-order valence-electron chi connectivity index (χ2n) is 4.92. The third-order valence-electron chi connectivity index (χ3n) is 3.28. The third kappa shape index (κ3) is 4.74. The number of methoxy groups -OCH3 is 1. The van der Waals surface area contributed by atoms with Crippen LogP contribution in [0.25, 0.3) is 0 Å². The fraction of sp³-hybridized carbons (Fsp3) is 0.250. The Morgan fingerprint density at radius 1 is 1.09 bits per heavy atom. The van der Waals surface area contributed by atoms with E-state index in [4.69, 9.17) is 4.74 Å². The number of halogens is 2. The Morgan fingerprint density at radius 2 is 1.78 bits per heavy atom. The lowest BCUT2D eigenvalue weighted by Crippen LogP contribution is -2.25. The van der Waals surface area contributed by atoms with Crippen LogP contribution in [0.2, 0.25) is 0 Å². The van der Waals surface area contributed by atoms with Crippen molar-refractivity contribution in [1.82, 2.24) is 4.72 Å². The quantitative estimate of drug-likeness (QED) is 0.788. The molecule has 0 aliphatic carbocycles. The van der Waals surface area contributed by atoms with E-state index < -0.39 is 15.8 Å². The second kappa shape index (κ2) is 7.52. The van der Waals surface area contributed by atoms with Crippen molar-refractivity contribution in [3.63, 3.8) is 0 Å². The van der Waals surface area contributed by atoms with E-state index >= 15 is 0 Å². The summed E-state index contributed by atoms with van der Waals surface area (Å²) < 4.78 is 57.7. The van der Waals surface area contributed by atoms with Crippen molar-refractivity contribution in [2.24, 2.45) is 0 Å². The van der Waals surface area contributed by atoms with Crippen LogP contribution in [-0.4, -0.2) is 22.1 Å². The van der Waals surface area contributed by atoms with Gasteiger partial charge in [-0.25, -0.2) is 21.9 Å². The minimum absolute atomic E-state index is 0.0136. The summed E-state index contributed by atoms with van der Waals surface area (Å²) >= 11 is 0. The molecule has 0 aliphatic rings. The van der Waals surface area contributed by atoms with Gasteiger partial charge in [0.2, 0.25) is 10.0 Å². The number of benzene rings is 2. The van der Waals surface area contributed by atoms with Gasteiger partial charge in [-0.2, -0.15) is 0 Å². The number of sulfonamides is 1. The van der Waals surface area contributed by atoms with E-state index in [2.05, 4.69) is 4.72 Å². The summed E-state index contributed by atoms with van der Waals surface area (Å²) in [5, 5.41) is 0. The smallest absolute Gasteiger partial charge is 0.240 e. The number of nitrogens with one attached hydrogen (secondary N) is 1. The number of aryl methyl sites for hydroxylation is 1. The molecule has 0 bridgehead atoms. The third-order valence-corrected chi connectivity index (χ3v) is 4.74. The van der Waals surface area contributed by atoms with Crippen molar-refractivity contribution < 1.29 is 21.9 Å². The van der Waals surface area contributed by atoms with Crippen LogP contribution in [0, 0.1) is 11.6 Å². The molecule has 0 aliphatic heterocycles. The molecule has 7 heteroatoms. The van der Waals surface area contributed by atoms with Gasteiger partial charge in [0.15, 0.2) is 11.6 Å². The topological polar surface area (TPSA) is 55.4 Å². The molecule has 0 amide bonds. The lowest BCUT2D eigenvalue weighted by atomic mass is 10.1. The summed E-state index contributed by atoms with van der Waals surface area (Å²) in [4.78, 5) is -0.155. The standard InChI is InChI=1S/C16H17F2NO3S/c1-22-16-9-8-14(11-15(16)18)23(20,21)19-10-2-3-12-4-6-13(17)7-5-12/h4-9,11,19H,2-3,10H2,1H3. The highest BCUT2D eigenvalue weighted by Crippen LogP contribution is 2.20. The summed E-state index contributed by atoms with van der Waals surface area (Å²) in [6.07, 6.45) is 1.16. The van der Waals surface area contributed by atoms with E-state index in [9.17, 15) is 17.2 Å². The largest absolute Gasteiger partial charge is 0.494 e. The lowest BCUT2D eigenvalue weighted by Gasteiger charge is -2.08. The minimum atomic E-state index is -3.77. The zero-order valence-corrected chi connectivity index (χ0v) is 13.4. The van der Waals surface area contributed by atoms with Gasteiger partial charge in [0.25, 0.3) is 0 Å². The zero-order valence-electron chi connectivity index (χ0n) is 12.6. The molecule has 4 nitrogen and oxygen atoms in total. The summed E-state index contributed by atoms with van der Waals surface area (Å²) in [6.45, 7) is 0.202. The second-order valence-corrected chi connectivity index (χ2v) is 6.69. The van der Waals surface area contributed by atoms with Gasteiger partial charge < -0.3 is 4.74 Å². The first kappa shape index (κ1) is 17.4. The molecule has 0 aromatic heterocycles. The average molecular weight is 341 g/mol. The summed E-state index contributed by atoms with van der Waals surface area (Å²) in [7, 11) is -2.47. The van der Waals surface area contributed by atoms with Crippen LogP contribution in [0.3, 0.4) is 0 Å². The van der Waals surface area contributed by atoms with Crippen molar-refractivity contribution in [2.75, 3.05) is 13.7 Å². The molecule has 0 fully saturated rings. The molecule has 0 heterocycles. The van der Waals surface area contributed by atoms with Gasteiger partial charge in [-0.1, -0.05) is 12.1 Å². The van der Waals surface area contributed by atoms with Gasteiger partial charge >= 0.3 is 0 Å². The SMILES string of the molecule is COc1ccc(S(=O)(=O)NCCCc2ccc(F)cc2)cc1F.